The van der Waals surface area contributed by atoms with Crippen LogP contribution < -0.4 is 10.6 Å². The molecule has 2 amide bonds. The Morgan fingerprint density at radius 3 is 2.71 bits per heavy atom. The van der Waals surface area contributed by atoms with Gasteiger partial charge in [0.2, 0.25) is 11.8 Å². The molecule has 0 bridgehead atoms. The molecule has 2 heterocycles. The van der Waals surface area contributed by atoms with Gasteiger partial charge in [-0.1, -0.05) is 60.1 Å². The van der Waals surface area contributed by atoms with E-state index in [-0.39, 0.29) is 11.8 Å². The zero-order chi connectivity index (χ0) is 19.6. The highest BCUT2D eigenvalue weighted by molar-refractivity contribution is 6.31. The summed E-state index contributed by atoms with van der Waals surface area (Å²) in [5.74, 6) is -0.146. The monoisotopic (exact) mass is 397 g/mol. The number of halogens is 1. The highest BCUT2D eigenvalue weighted by Crippen LogP contribution is 2.40. The molecule has 5 nitrogen and oxygen atoms in total. The number of carbonyl (C=O) groups is 2. The van der Waals surface area contributed by atoms with E-state index in [0.29, 0.717) is 24.5 Å². The van der Waals surface area contributed by atoms with Crippen LogP contribution in [-0.4, -0.2) is 35.8 Å². The van der Waals surface area contributed by atoms with Crippen molar-refractivity contribution in [3.63, 3.8) is 0 Å². The lowest BCUT2D eigenvalue weighted by atomic mass is 9.84. The Labute approximate surface area is 170 Å². The third kappa shape index (κ3) is 3.91. The second-order valence-corrected chi connectivity index (χ2v) is 8.17. The third-order valence-electron chi connectivity index (χ3n) is 5.79. The summed E-state index contributed by atoms with van der Waals surface area (Å²) >= 11 is 6.14. The van der Waals surface area contributed by atoms with Gasteiger partial charge in [-0.2, -0.15) is 0 Å². The van der Waals surface area contributed by atoms with Crippen LogP contribution in [0.3, 0.4) is 0 Å². The van der Waals surface area contributed by atoms with Crippen molar-refractivity contribution in [3.8, 4) is 0 Å². The number of hydrogen-bond donors (Lipinski definition) is 2. The van der Waals surface area contributed by atoms with E-state index in [9.17, 15) is 9.59 Å². The topological polar surface area (TPSA) is 61.4 Å². The Bertz CT molecular complexity index is 873. The zero-order valence-electron chi connectivity index (χ0n) is 15.7. The van der Waals surface area contributed by atoms with Crippen molar-refractivity contribution in [1.82, 2.24) is 15.5 Å². The van der Waals surface area contributed by atoms with Gasteiger partial charge in [-0.25, -0.2) is 0 Å². The maximum atomic E-state index is 12.7. The SMILES string of the molecule is O=C(NCc1ccccc1Cl)[C@@H]1C[C@@]2(CCN(Cc3ccccc3)C2)C(=O)N1. The number of nitrogens with zero attached hydrogens (tertiary/aromatic N) is 1. The molecule has 1 spiro atoms. The van der Waals surface area contributed by atoms with Gasteiger partial charge in [0.25, 0.3) is 0 Å². The maximum absolute atomic E-state index is 12.7. The maximum Gasteiger partial charge on any atom is 0.242 e. The fourth-order valence-corrected chi connectivity index (χ4v) is 4.44. The second-order valence-electron chi connectivity index (χ2n) is 7.77. The predicted molar refractivity (Wildman–Crippen MR) is 109 cm³/mol. The van der Waals surface area contributed by atoms with E-state index in [1.807, 2.05) is 36.4 Å². The van der Waals surface area contributed by atoms with E-state index in [1.54, 1.807) is 6.07 Å². The van der Waals surface area contributed by atoms with Gasteiger partial charge in [-0.05, 0) is 36.6 Å². The summed E-state index contributed by atoms with van der Waals surface area (Å²) in [6, 6.07) is 17.2. The summed E-state index contributed by atoms with van der Waals surface area (Å²) in [7, 11) is 0. The van der Waals surface area contributed by atoms with Gasteiger partial charge in [-0.15, -0.1) is 0 Å². The lowest BCUT2D eigenvalue weighted by molar-refractivity contribution is -0.128. The minimum Gasteiger partial charge on any atom is -0.350 e. The molecule has 2 atom stereocenters. The van der Waals surface area contributed by atoms with Crippen LogP contribution in [0.5, 0.6) is 0 Å². The third-order valence-corrected chi connectivity index (χ3v) is 6.16. The van der Waals surface area contributed by atoms with Crippen LogP contribution in [0, 0.1) is 5.41 Å². The molecular formula is C22H24ClN3O2. The first kappa shape index (κ1) is 19.0. The molecule has 0 aromatic heterocycles. The Morgan fingerprint density at radius 2 is 1.93 bits per heavy atom. The predicted octanol–water partition coefficient (Wildman–Crippen LogP) is 2.74. The van der Waals surface area contributed by atoms with Crippen LogP contribution >= 0.6 is 11.6 Å². The summed E-state index contributed by atoms with van der Waals surface area (Å²) in [5.41, 5.74) is 1.65. The van der Waals surface area contributed by atoms with Crippen LogP contribution in [0.25, 0.3) is 0 Å². The molecular weight excluding hydrogens is 374 g/mol. The molecule has 0 aliphatic carbocycles. The van der Waals surface area contributed by atoms with E-state index < -0.39 is 11.5 Å². The lowest BCUT2D eigenvalue weighted by Crippen LogP contribution is -2.41. The highest BCUT2D eigenvalue weighted by atomic mass is 35.5. The molecule has 2 N–H and O–H groups in total. The number of nitrogens with one attached hydrogen (secondary N) is 2. The van der Waals surface area contributed by atoms with Crippen molar-refractivity contribution in [2.24, 2.45) is 5.41 Å². The fraction of sp³-hybridized carbons (Fsp3) is 0.364. The minimum atomic E-state index is -0.480. The fourth-order valence-electron chi connectivity index (χ4n) is 4.24. The Kier molecular flexibility index (Phi) is 5.38. The summed E-state index contributed by atoms with van der Waals surface area (Å²) in [4.78, 5) is 27.6. The van der Waals surface area contributed by atoms with Crippen molar-refractivity contribution in [3.05, 3.63) is 70.7 Å². The van der Waals surface area contributed by atoms with E-state index >= 15 is 0 Å². The molecule has 2 aliphatic heterocycles. The second kappa shape index (κ2) is 7.94. The average molecular weight is 398 g/mol. The summed E-state index contributed by atoms with van der Waals surface area (Å²) in [5, 5.41) is 6.45. The molecule has 2 saturated heterocycles. The number of rotatable bonds is 5. The first-order chi connectivity index (χ1) is 13.6. The average Bonchev–Trinajstić information content (AvgIpc) is 3.25. The largest absolute Gasteiger partial charge is 0.350 e. The van der Waals surface area contributed by atoms with Gasteiger partial charge < -0.3 is 10.6 Å². The van der Waals surface area contributed by atoms with Crippen molar-refractivity contribution in [2.75, 3.05) is 13.1 Å². The van der Waals surface area contributed by atoms with Gasteiger partial charge in [0.15, 0.2) is 0 Å². The van der Waals surface area contributed by atoms with Crippen LogP contribution in [0.1, 0.15) is 24.0 Å². The van der Waals surface area contributed by atoms with Gasteiger partial charge in [0.1, 0.15) is 6.04 Å². The van der Waals surface area contributed by atoms with Crippen molar-refractivity contribution in [2.45, 2.75) is 32.0 Å². The molecule has 2 aromatic rings. The number of hydrogen-bond acceptors (Lipinski definition) is 3. The number of likely N-dealkylation sites (tertiary alicyclic amines) is 1. The van der Waals surface area contributed by atoms with E-state index in [0.717, 1.165) is 25.1 Å². The van der Waals surface area contributed by atoms with Crippen molar-refractivity contribution >= 4 is 23.4 Å². The van der Waals surface area contributed by atoms with Gasteiger partial charge in [0.05, 0.1) is 5.41 Å². The van der Waals surface area contributed by atoms with Gasteiger partial charge >= 0.3 is 0 Å². The van der Waals surface area contributed by atoms with Crippen LogP contribution in [0.15, 0.2) is 54.6 Å². The first-order valence-electron chi connectivity index (χ1n) is 9.64. The molecule has 4 rings (SSSR count). The van der Waals surface area contributed by atoms with Crippen LogP contribution in [0.2, 0.25) is 5.02 Å². The van der Waals surface area contributed by atoms with Crippen LogP contribution in [-0.2, 0) is 22.7 Å². The smallest absolute Gasteiger partial charge is 0.242 e. The molecule has 2 fully saturated rings. The minimum absolute atomic E-state index is 0.000884. The van der Waals surface area contributed by atoms with Crippen LogP contribution in [0.4, 0.5) is 0 Å². The molecule has 0 unspecified atom stereocenters. The number of amides is 2. The quantitative estimate of drug-likeness (QED) is 0.815. The number of benzene rings is 2. The normalized spacial score (nSPS) is 24.5. The molecule has 0 saturated carbocycles. The highest BCUT2D eigenvalue weighted by Gasteiger charge is 2.52. The van der Waals surface area contributed by atoms with E-state index in [2.05, 4.69) is 27.7 Å². The molecule has 6 heteroatoms. The van der Waals surface area contributed by atoms with E-state index in [4.69, 9.17) is 11.6 Å². The standard InChI is InChI=1S/C22H24ClN3O2/c23-18-9-5-4-8-17(18)13-24-20(27)19-12-22(21(28)25-19)10-11-26(15-22)14-16-6-2-1-3-7-16/h1-9,19H,10-15H2,(H,24,27)(H,25,28)/t19-,22+/m0/s1. The summed E-state index contributed by atoms with van der Waals surface area (Å²) in [6.07, 6.45) is 1.34. The molecule has 146 valence electrons. The van der Waals surface area contributed by atoms with E-state index in [1.165, 1.54) is 5.56 Å². The molecule has 2 aliphatic rings. The lowest BCUT2D eigenvalue weighted by Gasteiger charge is -2.21. The van der Waals surface area contributed by atoms with Crippen molar-refractivity contribution < 1.29 is 9.59 Å². The first-order valence-corrected chi connectivity index (χ1v) is 10.0. The Morgan fingerprint density at radius 1 is 1.18 bits per heavy atom. The summed E-state index contributed by atoms with van der Waals surface area (Å²) < 4.78 is 0. The molecule has 2 aromatic carbocycles. The zero-order valence-corrected chi connectivity index (χ0v) is 16.4. The van der Waals surface area contributed by atoms with Gasteiger partial charge in [0, 0.05) is 24.7 Å². The molecule has 28 heavy (non-hydrogen) atoms. The van der Waals surface area contributed by atoms with Crippen molar-refractivity contribution in [1.29, 1.82) is 0 Å². The van der Waals surface area contributed by atoms with Gasteiger partial charge in [-0.3, -0.25) is 14.5 Å². The molecule has 0 radical (unpaired) electrons. The Balaban J connectivity index is 1.34. The summed E-state index contributed by atoms with van der Waals surface area (Å²) in [6.45, 7) is 2.76. The Hall–Kier alpha value is -2.37. The number of carbonyl (C=O) groups excluding carboxylic acids is 2.